The van der Waals surface area contributed by atoms with Crippen LogP contribution in [-0.4, -0.2) is 111 Å². The third-order valence-electron chi connectivity index (χ3n) is 7.89. The number of rotatable bonds is 7. The van der Waals surface area contributed by atoms with Gasteiger partial charge < -0.3 is 34.5 Å². The molecule has 0 unspecified atom stereocenters. The van der Waals surface area contributed by atoms with Gasteiger partial charge in [0.05, 0.1) is 39.0 Å². The van der Waals surface area contributed by atoms with Crippen molar-refractivity contribution in [3.05, 3.63) is 53.6 Å². The fraction of sp³-hybridized carbons (Fsp3) is 0.484. The van der Waals surface area contributed by atoms with Gasteiger partial charge in [-0.2, -0.15) is 0 Å². The van der Waals surface area contributed by atoms with Crippen LogP contribution >= 0.6 is 0 Å². The average Bonchev–Trinajstić information content (AvgIpc) is 3.32. The van der Waals surface area contributed by atoms with Crippen molar-refractivity contribution in [3.63, 3.8) is 0 Å². The summed E-state index contributed by atoms with van der Waals surface area (Å²) in [6, 6.07) is 12.2. The molecule has 0 aromatic heterocycles. The van der Waals surface area contributed by atoms with E-state index in [4.69, 9.17) is 18.9 Å². The normalized spacial score (nSPS) is 21.3. The molecule has 2 aromatic rings. The number of hydrogen-bond acceptors (Lipinski definition) is 9. The highest BCUT2D eigenvalue weighted by atomic mass is 16.5. The summed E-state index contributed by atoms with van der Waals surface area (Å²) in [6.45, 7) is 2.12. The van der Waals surface area contributed by atoms with Gasteiger partial charge in [0.25, 0.3) is 5.91 Å². The lowest BCUT2D eigenvalue weighted by Crippen LogP contribution is -2.59. The highest BCUT2D eigenvalue weighted by Crippen LogP contribution is 2.33. The molecule has 0 saturated carbocycles. The highest BCUT2D eigenvalue weighted by molar-refractivity contribution is 6.04. The minimum absolute atomic E-state index is 0.116. The number of fused-ring (bicyclic) bond motifs is 5. The Balaban J connectivity index is 1.38. The maximum absolute atomic E-state index is 13.5. The third-order valence-corrected chi connectivity index (χ3v) is 7.89. The summed E-state index contributed by atoms with van der Waals surface area (Å²) in [4.78, 5) is 55.2. The summed E-state index contributed by atoms with van der Waals surface area (Å²) in [7, 11) is 3.24. The summed E-state index contributed by atoms with van der Waals surface area (Å²) in [5.41, 5.74) is 1.83. The molecule has 2 aromatic carbocycles. The maximum atomic E-state index is 13.5. The Morgan fingerprint density at radius 2 is 1.93 bits per heavy atom. The first-order valence-corrected chi connectivity index (χ1v) is 14.7. The van der Waals surface area contributed by atoms with E-state index in [-0.39, 0.29) is 50.7 Å². The van der Waals surface area contributed by atoms with Crippen molar-refractivity contribution < 1.29 is 38.1 Å². The number of piperidine rings is 1. The zero-order valence-electron chi connectivity index (χ0n) is 25.1. The molecule has 2 fully saturated rings. The zero-order chi connectivity index (χ0) is 31.1. The molecule has 0 aliphatic carbocycles. The number of carbonyl (C=O) groups excluding carboxylic acids is 4. The monoisotopic (exact) mass is 609 g/mol. The number of amides is 5. The number of imide groups is 1. The molecule has 3 aliphatic rings. The molecular formula is C31H39N5O8. The molecule has 0 radical (unpaired) electrons. The minimum atomic E-state index is -0.580. The molecule has 4 bridgehead atoms. The van der Waals surface area contributed by atoms with E-state index in [1.807, 2.05) is 47.4 Å². The number of ether oxygens (including phenoxy) is 4. The lowest BCUT2D eigenvalue weighted by Gasteiger charge is -2.39. The summed E-state index contributed by atoms with van der Waals surface area (Å²) in [5.74, 6) is 0.792. The van der Waals surface area contributed by atoms with Gasteiger partial charge in [0.15, 0.2) is 11.5 Å². The Labute approximate surface area is 256 Å². The van der Waals surface area contributed by atoms with Crippen LogP contribution in [0, 0.1) is 0 Å². The van der Waals surface area contributed by atoms with Crippen molar-refractivity contribution in [1.29, 1.82) is 0 Å². The number of urea groups is 1. The Morgan fingerprint density at radius 1 is 1.07 bits per heavy atom. The van der Waals surface area contributed by atoms with Crippen molar-refractivity contribution in [2.75, 3.05) is 60.1 Å². The predicted octanol–water partition coefficient (Wildman–Crippen LogP) is 1.49. The molecule has 13 nitrogen and oxygen atoms in total. The molecule has 5 rings (SSSR count). The number of hydrogen-bond donors (Lipinski definition) is 2. The minimum Gasteiger partial charge on any atom is -0.493 e. The van der Waals surface area contributed by atoms with Crippen molar-refractivity contribution in [2.24, 2.45) is 0 Å². The van der Waals surface area contributed by atoms with Crippen LogP contribution in [0.1, 0.15) is 24.0 Å². The molecule has 3 aliphatic heterocycles. The van der Waals surface area contributed by atoms with Gasteiger partial charge in [-0.25, -0.2) is 4.79 Å². The molecule has 2 atom stereocenters. The van der Waals surface area contributed by atoms with Gasteiger partial charge in [0.2, 0.25) is 11.8 Å². The molecule has 44 heavy (non-hydrogen) atoms. The number of likely N-dealkylation sites (tertiary alicyclic amines) is 1. The van der Waals surface area contributed by atoms with Gasteiger partial charge in [-0.1, -0.05) is 18.2 Å². The predicted molar refractivity (Wildman–Crippen MR) is 158 cm³/mol. The Bertz CT molecular complexity index is 1350. The topological polar surface area (TPSA) is 139 Å². The Hall–Kier alpha value is -4.20. The van der Waals surface area contributed by atoms with Crippen LogP contribution in [0.25, 0.3) is 0 Å². The SMILES string of the molecule is COCCCN1CC(=O)N[C@H]2CN(C(=O)CN3C(=O)CNC3=O)CC[C@H]2OCc2cccc(c2)Oc2cc(ccc2OC)C1. The van der Waals surface area contributed by atoms with Crippen LogP contribution in [0.4, 0.5) is 4.79 Å². The second-order valence-electron chi connectivity index (χ2n) is 11.1. The van der Waals surface area contributed by atoms with E-state index in [1.165, 1.54) is 0 Å². The smallest absolute Gasteiger partial charge is 0.325 e. The molecule has 236 valence electrons. The fourth-order valence-corrected chi connectivity index (χ4v) is 5.63. The van der Waals surface area contributed by atoms with E-state index >= 15 is 0 Å². The number of nitrogens with one attached hydrogen (secondary N) is 2. The van der Waals surface area contributed by atoms with Crippen LogP contribution < -0.4 is 20.1 Å². The van der Waals surface area contributed by atoms with E-state index < -0.39 is 18.0 Å². The first-order valence-electron chi connectivity index (χ1n) is 14.7. The van der Waals surface area contributed by atoms with Crippen LogP contribution in [0.15, 0.2) is 42.5 Å². The summed E-state index contributed by atoms with van der Waals surface area (Å²) in [5, 5.41) is 5.54. The number of methoxy groups -OCH3 is 2. The Morgan fingerprint density at radius 3 is 2.70 bits per heavy atom. The van der Waals surface area contributed by atoms with E-state index in [1.54, 1.807) is 19.1 Å². The third kappa shape index (κ3) is 7.84. The van der Waals surface area contributed by atoms with Crippen LogP contribution in [-0.2, 0) is 37.0 Å². The fourth-order valence-electron chi connectivity index (χ4n) is 5.63. The summed E-state index contributed by atoms with van der Waals surface area (Å²) < 4.78 is 23.4. The molecule has 0 spiro atoms. The maximum Gasteiger partial charge on any atom is 0.325 e. The second-order valence-corrected chi connectivity index (χ2v) is 11.1. The van der Waals surface area contributed by atoms with Gasteiger partial charge in [0.1, 0.15) is 12.3 Å². The van der Waals surface area contributed by atoms with E-state index in [0.29, 0.717) is 49.9 Å². The molecule has 13 heteroatoms. The quantitative estimate of drug-likeness (QED) is 0.353. The van der Waals surface area contributed by atoms with Crippen LogP contribution in [0.5, 0.6) is 17.2 Å². The van der Waals surface area contributed by atoms with Crippen molar-refractivity contribution in [3.8, 4) is 17.2 Å². The second kappa shape index (κ2) is 14.5. The van der Waals surface area contributed by atoms with Crippen molar-refractivity contribution in [2.45, 2.75) is 38.1 Å². The molecule has 2 N–H and O–H groups in total. The van der Waals surface area contributed by atoms with Gasteiger partial charge in [-0.3, -0.25) is 24.2 Å². The molecule has 3 heterocycles. The van der Waals surface area contributed by atoms with E-state index in [2.05, 4.69) is 10.6 Å². The zero-order valence-corrected chi connectivity index (χ0v) is 25.1. The van der Waals surface area contributed by atoms with Gasteiger partial charge in [0, 0.05) is 39.9 Å². The first-order chi connectivity index (χ1) is 21.3. The van der Waals surface area contributed by atoms with E-state index in [9.17, 15) is 19.2 Å². The van der Waals surface area contributed by atoms with E-state index in [0.717, 1.165) is 22.4 Å². The van der Waals surface area contributed by atoms with Crippen LogP contribution in [0.2, 0.25) is 0 Å². The lowest BCUT2D eigenvalue weighted by atomic mass is 10.0. The first kappa shape index (κ1) is 31.2. The van der Waals surface area contributed by atoms with Gasteiger partial charge in [-0.05, 0) is 48.2 Å². The van der Waals surface area contributed by atoms with Crippen LogP contribution in [0.3, 0.4) is 0 Å². The number of carbonyl (C=O) groups is 4. The molecule has 2 saturated heterocycles. The highest BCUT2D eigenvalue weighted by Gasteiger charge is 2.36. The lowest BCUT2D eigenvalue weighted by molar-refractivity contribution is -0.140. The van der Waals surface area contributed by atoms with Crippen molar-refractivity contribution >= 4 is 23.8 Å². The largest absolute Gasteiger partial charge is 0.493 e. The number of nitrogens with zero attached hydrogens (tertiary/aromatic N) is 3. The molecular weight excluding hydrogens is 570 g/mol. The molecule has 5 amide bonds. The average molecular weight is 610 g/mol. The Kier molecular flexibility index (Phi) is 10.3. The van der Waals surface area contributed by atoms with Gasteiger partial charge >= 0.3 is 6.03 Å². The number of benzene rings is 2. The standard InChI is InChI=1S/C31H39N5O8/c1-41-12-4-10-34-16-21-7-8-26(42-2)27(14-21)44-23-6-3-5-22(13-23)20-43-25-9-11-35(17-24(25)33-28(37)18-34)30(39)19-36-29(38)15-32-31(36)40/h3,5-8,13-14,24-25H,4,9-12,15-20H2,1-2H3,(H,32,40)(H,33,37)/t24-,25+/m0/s1. The summed E-state index contributed by atoms with van der Waals surface area (Å²) in [6.07, 6.45) is 0.829. The van der Waals surface area contributed by atoms with Gasteiger partial charge in [-0.15, -0.1) is 0 Å². The van der Waals surface area contributed by atoms with Crippen molar-refractivity contribution in [1.82, 2.24) is 25.3 Å². The summed E-state index contributed by atoms with van der Waals surface area (Å²) >= 11 is 0.